The van der Waals surface area contributed by atoms with Gasteiger partial charge in [0, 0.05) is 18.2 Å². The summed E-state index contributed by atoms with van der Waals surface area (Å²) in [5.41, 5.74) is 0. The van der Waals surface area contributed by atoms with Crippen LogP contribution in [0, 0.1) is 5.92 Å². The molecule has 2 heterocycles. The fourth-order valence-corrected chi connectivity index (χ4v) is 2.49. The van der Waals surface area contributed by atoms with E-state index < -0.39 is 0 Å². The fourth-order valence-electron chi connectivity index (χ4n) is 2.31. The number of amides is 1. The molecule has 1 aliphatic heterocycles. The molecule has 6 heteroatoms. The molecule has 0 bridgehead atoms. The Hall–Kier alpha value is -1.33. The molecule has 0 unspecified atom stereocenters. The number of nitrogens with one attached hydrogen (secondary N) is 2. The Labute approximate surface area is 124 Å². The smallest absolute Gasteiger partial charge is 0.232 e. The van der Waals surface area contributed by atoms with Crippen molar-refractivity contribution in [3.63, 3.8) is 0 Å². The number of carbonyl (C=O) groups excluding carboxylic acids is 1. The summed E-state index contributed by atoms with van der Waals surface area (Å²) in [4.78, 5) is 16.0. The van der Waals surface area contributed by atoms with Crippen molar-refractivity contribution < 1.29 is 9.53 Å². The number of pyridine rings is 1. The SMILES string of the molecule is C[C@H]1C[C@@H](C(=O)NCCOc2ncccc2Cl)CCN1. The van der Waals surface area contributed by atoms with Gasteiger partial charge in [0.2, 0.25) is 11.8 Å². The first-order valence-electron chi connectivity index (χ1n) is 6.91. The summed E-state index contributed by atoms with van der Waals surface area (Å²) in [6.07, 6.45) is 3.40. The zero-order valence-corrected chi connectivity index (χ0v) is 12.3. The lowest BCUT2D eigenvalue weighted by Crippen LogP contribution is -2.43. The number of hydrogen-bond acceptors (Lipinski definition) is 4. The predicted octanol–water partition coefficient (Wildman–Crippen LogP) is 1.62. The molecule has 1 fully saturated rings. The number of aromatic nitrogens is 1. The molecule has 1 amide bonds. The van der Waals surface area contributed by atoms with E-state index in [0.29, 0.717) is 30.1 Å². The molecule has 5 nitrogen and oxygen atoms in total. The van der Waals surface area contributed by atoms with Crippen molar-refractivity contribution in [3.8, 4) is 5.88 Å². The minimum absolute atomic E-state index is 0.102. The van der Waals surface area contributed by atoms with Crippen LogP contribution in [-0.2, 0) is 4.79 Å². The quantitative estimate of drug-likeness (QED) is 0.811. The highest BCUT2D eigenvalue weighted by atomic mass is 35.5. The first-order chi connectivity index (χ1) is 9.66. The van der Waals surface area contributed by atoms with Crippen LogP contribution in [0.15, 0.2) is 18.3 Å². The summed E-state index contributed by atoms with van der Waals surface area (Å²) in [5.74, 6) is 0.609. The van der Waals surface area contributed by atoms with Crippen LogP contribution >= 0.6 is 11.6 Å². The largest absolute Gasteiger partial charge is 0.475 e. The van der Waals surface area contributed by atoms with Gasteiger partial charge in [-0.2, -0.15) is 0 Å². The van der Waals surface area contributed by atoms with E-state index in [2.05, 4.69) is 22.5 Å². The standard InChI is InChI=1S/C14H20ClN3O2/c1-10-9-11(4-6-16-10)13(19)17-7-8-20-14-12(15)3-2-5-18-14/h2-3,5,10-11,16H,4,6-9H2,1H3,(H,17,19)/t10-,11-/m0/s1. The number of rotatable bonds is 5. The number of halogens is 1. The number of nitrogens with zero attached hydrogens (tertiary/aromatic N) is 1. The van der Waals surface area contributed by atoms with Crippen LogP contribution in [0.1, 0.15) is 19.8 Å². The number of hydrogen-bond donors (Lipinski definition) is 2. The molecule has 0 aromatic carbocycles. The maximum Gasteiger partial charge on any atom is 0.232 e. The van der Waals surface area contributed by atoms with Gasteiger partial charge in [-0.05, 0) is 38.4 Å². The van der Waals surface area contributed by atoms with Gasteiger partial charge in [0.05, 0.1) is 6.54 Å². The Morgan fingerprint density at radius 3 is 3.25 bits per heavy atom. The van der Waals surface area contributed by atoms with Crippen LogP contribution in [0.4, 0.5) is 0 Å². The van der Waals surface area contributed by atoms with E-state index >= 15 is 0 Å². The molecule has 2 rings (SSSR count). The van der Waals surface area contributed by atoms with Gasteiger partial charge in [0.15, 0.2) is 0 Å². The zero-order valence-electron chi connectivity index (χ0n) is 11.6. The summed E-state index contributed by atoms with van der Waals surface area (Å²) in [7, 11) is 0. The van der Waals surface area contributed by atoms with Gasteiger partial charge in [0.1, 0.15) is 11.6 Å². The highest BCUT2D eigenvalue weighted by Crippen LogP contribution is 2.19. The lowest BCUT2D eigenvalue weighted by molar-refractivity contribution is -0.126. The number of ether oxygens (including phenoxy) is 1. The van der Waals surface area contributed by atoms with Crippen molar-refractivity contribution in [2.75, 3.05) is 19.7 Å². The van der Waals surface area contributed by atoms with Crippen LogP contribution in [0.2, 0.25) is 5.02 Å². The maximum absolute atomic E-state index is 12.0. The monoisotopic (exact) mass is 297 g/mol. The molecule has 1 aromatic heterocycles. The van der Waals surface area contributed by atoms with Crippen molar-refractivity contribution in [1.82, 2.24) is 15.6 Å². The van der Waals surface area contributed by atoms with Gasteiger partial charge in [-0.1, -0.05) is 11.6 Å². The van der Waals surface area contributed by atoms with Gasteiger partial charge in [-0.25, -0.2) is 4.98 Å². The van der Waals surface area contributed by atoms with Crippen LogP contribution in [0.3, 0.4) is 0 Å². The molecule has 0 spiro atoms. The predicted molar refractivity (Wildman–Crippen MR) is 77.9 cm³/mol. The Kier molecular flexibility index (Phi) is 5.61. The van der Waals surface area contributed by atoms with Crippen molar-refractivity contribution >= 4 is 17.5 Å². The minimum Gasteiger partial charge on any atom is -0.475 e. The summed E-state index contributed by atoms with van der Waals surface area (Å²) in [6.45, 7) is 3.83. The summed E-state index contributed by atoms with van der Waals surface area (Å²) in [6, 6.07) is 3.87. The normalized spacial score (nSPS) is 22.3. The van der Waals surface area contributed by atoms with Gasteiger partial charge in [-0.3, -0.25) is 4.79 Å². The lowest BCUT2D eigenvalue weighted by Gasteiger charge is -2.27. The molecular formula is C14H20ClN3O2. The van der Waals surface area contributed by atoms with E-state index in [-0.39, 0.29) is 11.8 Å². The topological polar surface area (TPSA) is 63.2 Å². The van der Waals surface area contributed by atoms with Gasteiger partial charge < -0.3 is 15.4 Å². The average molecular weight is 298 g/mol. The molecule has 0 aliphatic carbocycles. The minimum atomic E-state index is 0.102. The maximum atomic E-state index is 12.0. The Morgan fingerprint density at radius 1 is 1.65 bits per heavy atom. The highest BCUT2D eigenvalue weighted by Gasteiger charge is 2.24. The first-order valence-corrected chi connectivity index (χ1v) is 7.29. The highest BCUT2D eigenvalue weighted by molar-refractivity contribution is 6.31. The molecule has 1 aromatic rings. The Morgan fingerprint density at radius 2 is 2.50 bits per heavy atom. The fraction of sp³-hybridized carbons (Fsp3) is 0.571. The molecule has 1 saturated heterocycles. The second kappa shape index (κ2) is 7.45. The van der Waals surface area contributed by atoms with E-state index in [9.17, 15) is 4.79 Å². The Bertz CT molecular complexity index is 456. The van der Waals surface area contributed by atoms with Crippen molar-refractivity contribution in [1.29, 1.82) is 0 Å². The average Bonchev–Trinajstić information content (AvgIpc) is 2.45. The van der Waals surface area contributed by atoms with E-state index in [1.165, 1.54) is 0 Å². The van der Waals surface area contributed by atoms with Crippen LogP contribution in [0.25, 0.3) is 0 Å². The third-order valence-corrected chi connectivity index (χ3v) is 3.65. The molecule has 0 radical (unpaired) electrons. The summed E-state index contributed by atoms with van der Waals surface area (Å²) < 4.78 is 5.43. The van der Waals surface area contributed by atoms with Crippen LogP contribution in [-0.4, -0.2) is 36.6 Å². The summed E-state index contributed by atoms with van der Waals surface area (Å²) in [5, 5.41) is 6.71. The van der Waals surface area contributed by atoms with E-state index in [1.54, 1.807) is 18.3 Å². The third kappa shape index (κ3) is 4.35. The molecule has 20 heavy (non-hydrogen) atoms. The molecule has 110 valence electrons. The van der Waals surface area contributed by atoms with Crippen LogP contribution < -0.4 is 15.4 Å². The van der Waals surface area contributed by atoms with Crippen molar-refractivity contribution in [2.24, 2.45) is 5.92 Å². The Balaban J connectivity index is 1.68. The lowest BCUT2D eigenvalue weighted by atomic mass is 9.92. The molecule has 1 aliphatic rings. The van der Waals surface area contributed by atoms with Gasteiger partial charge >= 0.3 is 0 Å². The zero-order chi connectivity index (χ0) is 14.4. The van der Waals surface area contributed by atoms with Gasteiger partial charge in [-0.15, -0.1) is 0 Å². The van der Waals surface area contributed by atoms with Crippen molar-refractivity contribution in [2.45, 2.75) is 25.8 Å². The number of carbonyl (C=O) groups is 1. The van der Waals surface area contributed by atoms with E-state index in [1.807, 2.05) is 0 Å². The van der Waals surface area contributed by atoms with Gasteiger partial charge in [0.25, 0.3) is 0 Å². The van der Waals surface area contributed by atoms with Crippen LogP contribution in [0.5, 0.6) is 5.88 Å². The second-order valence-corrected chi connectivity index (χ2v) is 5.41. The first kappa shape index (κ1) is 15.1. The summed E-state index contributed by atoms with van der Waals surface area (Å²) >= 11 is 5.92. The molecule has 2 N–H and O–H groups in total. The van der Waals surface area contributed by atoms with E-state index in [0.717, 1.165) is 19.4 Å². The van der Waals surface area contributed by atoms with Crippen molar-refractivity contribution in [3.05, 3.63) is 23.4 Å². The number of piperidine rings is 1. The molecule has 2 atom stereocenters. The molecular weight excluding hydrogens is 278 g/mol. The third-order valence-electron chi connectivity index (χ3n) is 3.36. The van der Waals surface area contributed by atoms with E-state index in [4.69, 9.17) is 16.3 Å². The second-order valence-electron chi connectivity index (χ2n) is 5.01. The molecule has 0 saturated carbocycles.